The highest BCUT2D eigenvalue weighted by atomic mass is 17.3. The summed E-state index contributed by atoms with van der Waals surface area (Å²) in [6, 6.07) is 14.5. The van der Waals surface area contributed by atoms with Crippen molar-refractivity contribution in [2.75, 3.05) is 0 Å². The van der Waals surface area contributed by atoms with E-state index in [-0.39, 0.29) is 12.7 Å². The third kappa shape index (κ3) is 11.1. The van der Waals surface area contributed by atoms with Crippen LogP contribution >= 0.6 is 0 Å². The Kier molecular flexibility index (Phi) is 13.7. The van der Waals surface area contributed by atoms with E-state index in [1.54, 1.807) is 24.3 Å². The average Bonchev–Trinajstić information content (AvgIpc) is 2.89. The Labute approximate surface area is 209 Å². The van der Waals surface area contributed by atoms with Crippen LogP contribution in [0.5, 0.6) is 0 Å². The van der Waals surface area contributed by atoms with Crippen LogP contribution in [-0.4, -0.2) is 11.9 Å². The van der Waals surface area contributed by atoms with Gasteiger partial charge in [-0.15, -0.1) is 9.78 Å². The van der Waals surface area contributed by atoms with Crippen LogP contribution in [0.1, 0.15) is 103 Å². The van der Waals surface area contributed by atoms with Crippen LogP contribution in [0.4, 0.5) is 0 Å². The molecule has 35 heavy (non-hydrogen) atoms. The summed E-state index contributed by atoms with van der Waals surface area (Å²) in [5, 5.41) is 0. The first-order valence-electron chi connectivity index (χ1n) is 12.7. The van der Waals surface area contributed by atoms with Crippen LogP contribution in [0, 0.1) is 13.2 Å². The zero-order valence-corrected chi connectivity index (χ0v) is 21.1. The van der Waals surface area contributed by atoms with E-state index in [9.17, 15) is 9.59 Å². The second kappa shape index (κ2) is 16.8. The molecule has 0 unspecified atom stereocenters. The second-order valence-corrected chi connectivity index (χ2v) is 8.55. The van der Waals surface area contributed by atoms with Crippen molar-refractivity contribution in [1.29, 1.82) is 0 Å². The maximum absolute atomic E-state index is 12.3. The number of unbranched alkanes of at least 4 members (excludes halogenated alkanes) is 5. The molecule has 6 nitrogen and oxygen atoms in total. The summed E-state index contributed by atoms with van der Waals surface area (Å²) in [5.41, 5.74) is 3.05. The molecule has 0 N–H and O–H groups in total. The Hall–Kier alpha value is -2.70. The molecule has 0 heterocycles. The van der Waals surface area contributed by atoms with Gasteiger partial charge in [-0.05, 0) is 67.5 Å². The number of rotatable bonds is 17. The number of carbonyl (C=O) groups excluding carboxylic acids is 2. The molecule has 0 amide bonds. The lowest BCUT2D eigenvalue weighted by molar-refractivity contribution is -0.363. The first-order valence-corrected chi connectivity index (χ1v) is 12.7. The van der Waals surface area contributed by atoms with Crippen LogP contribution in [-0.2, 0) is 32.4 Å². The highest BCUT2D eigenvalue weighted by Gasteiger charge is 2.21. The zero-order chi connectivity index (χ0) is 25.3. The average molecular weight is 483 g/mol. The molecular weight excluding hydrogens is 444 g/mol. The van der Waals surface area contributed by atoms with Gasteiger partial charge in [0.25, 0.3) is 0 Å². The first-order chi connectivity index (χ1) is 17.1. The van der Waals surface area contributed by atoms with Crippen molar-refractivity contribution in [1.82, 2.24) is 0 Å². The van der Waals surface area contributed by atoms with Crippen LogP contribution in [0.25, 0.3) is 0 Å². The molecule has 6 heteroatoms. The Morgan fingerprint density at radius 2 is 1.06 bits per heavy atom. The smallest absolute Gasteiger partial charge is 0.289 e. The minimum absolute atomic E-state index is 0.122. The van der Waals surface area contributed by atoms with Crippen molar-refractivity contribution in [2.24, 2.45) is 0 Å². The monoisotopic (exact) mass is 482 g/mol. The van der Waals surface area contributed by atoms with Gasteiger partial charge >= 0.3 is 18.2 Å². The van der Waals surface area contributed by atoms with E-state index >= 15 is 0 Å². The Morgan fingerprint density at radius 3 is 1.43 bits per heavy atom. The molecule has 2 radical (unpaired) electrons. The summed E-state index contributed by atoms with van der Waals surface area (Å²) in [6.45, 7) is 8.10. The fourth-order valence-electron chi connectivity index (χ4n) is 3.40. The van der Waals surface area contributed by atoms with E-state index < -0.39 is 11.9 Å². The highest BCUT2D eigenvalue weighted by Crippen LogP contribution is 2.18. The number of carbonyl (C=O) groups is 2. The molecule has 0 aliphatic rings. The quantitative estimate of drug-likeness (QED) is 0.132. The molecule has 2 rings (SSSR count). The fourth-order valence-corrected chi connectivity index (χ4v) is 3.40. The van der Waals surface area contributed by atoms with E-state index in [0.717, 1.165) is 38.5 Å². The van der Waals surface area contributed by atoms with E-state index in [1.807, 2.05) is 24.3 Å². The highest BCUT2D eigenvalue weighted by molar-refractivity contribution is 5.89. The number of hydrogen-bond donors (Lipinski definition) is 0. The molecule has 2 aromatic rings. The van der Waals surface area contributed by atoms with E-state index in [1.165, 1.54) is 24.0 Å². The molecule has 0 spiro atoms. The Balaban J connectivity index is 1.83. The summed E-state index contributed by atoms with van der Waals surface area (Å²) in [4.78, 5) is 44.7. The van der Waals surface area contributed by atoms with Crippen molar-refractivity contribution in [3.05, 3.63) is 84.0 Å². The molecule has 0 aromatic heterocycles. The molecule has 0 saturated carbocycles. The molecule has 0 atom stereocenters. The molecule has 0 aliphatic carbocycles. The fraction of sp³-hybridized carbons (Fsp3) is 0.448. The van der Waals surface area contributed by atoms with Crippen LogP contribution in [0.15, 0.2) is 48.5 Å². The first kappa shape index (κ1) is 28.5. The third-order valence-electron chi connectivity index (χ3n) is 5.57. The molecule has 0 aliphatic heterocycles. The summed E-state index contributed by atoms with van der Waals surface area (Å²) >= 11 is 0. The largest absolute Gasteiger partial charge is 0.373 e. The van der Waals surface area contributed by atoms with Gasteiger partial charge in [-0.25, -0.2) is 9.59 Å². The lowest BCUT2D eigenvalue weighted by Gasteiger charge is -2.13. The van der Waals surface area contributed by atoms with Gasteiger partial charge in [-0.1, -0.05) is 77.1 Å². The van der Waals surface area contributed by atoms with E-state index in [0.29, 0.717) is 24.0 Å². The normalized spacial score (nSPS) is 11.0. The maximum atomic E-state index is 12.3. The van der Waals surface area contributed by atoms with Gasteiger partial charge in [0.1, 0.15) is 0 Å². The lowest BCUT2D eigenvalue weighted by Crippen LogP contribution is -2.16. The van der Waals surface area contributed by atoms with Crippen molar-refractivity contribution >= 4 is 11.9 Å². The number of aryl methyl sites for hydroxylation is 2. The topological polar surface area (TPSA) is 71.1 Å². The predicted octanol–water partition coefficient (Wildman–Crippen LogP) is 7.52. The molecule has 0 saturated heterocycles. The van der Waals surface area contributed by atoms with Crippen LogP contribution < -0.4 is 0 Å². The van der Waals surface area contributed by atoms with Gasteiger partial charge in [0, 0.05) is 6.42 Å². The third-order valence-corrected chi connectivity index (χ3v) is 5.57. The SMILES string of the molecule is [CH2]CCC[C](OOC(=O)c1ccc(CCCCC)cc1)OOC(=O)c1ccc(CCCCC)cc1. The molecule has 190 valence electrons. The van der Waals surface area contributed by atoms with E-state index in [2.05, 4.69) is 20.8 Å². The lowest BCUT2D eigenvalue weighted by atomic mass is 10.1. The Bertz CT molecular complexity index is 790. The van der Waals surface area contributed by atoms with Gasteiger partial charge in [0.05, 0.1) is 11.1 Å². The zero-order valence-electron chi connectivity index (χ0n) is 21.1. The number of hydrogen-bond acceptors (Lipinski definition) is 6. The van der Waals surface area contributed by atoms with Crippen molar-refractivity contribution in [3.8, 4) is 0 Å². The summed E-state index contributed by atoms with van der Waals surface area (Å²) < 4.78 is 0. The summed E-state index contributed by atoms with van der Waals surface area (Å²) in [6.07, 6.45) is 10.2. The van der Waals surface area contributed by atoms with Crippen LogP contribution in [0.3, 0.4) is 0 Å². The predicted molar refractivity (Wildman–Crippen MR) is 135 cm³/mol. The summed E-state index contributed by atoms with van der Waals surface area (Å²) in [7, 11) is 0. The van der Waals surface area contributed by atoms with Gasteiger partial charge in [-0.2, -0.15) is 0 Å². The number of benzene rings is 2. The maximum Gasteiger partial charge on any atom is 0.373 e. The second-order valence-electron chi connectivity index (χ2n) is 8.55. The van der Waals surface area contributed by atoms with Gasteiger partial charge in [-0.3, -0.25) is 9.78 Å². The van der Waals surface area contributed by atoms with Crippen molar-refractivity contribution < 1.29 is 29.1 Å². The van der Waals surface area contributed by atoms with Gasteiger partial charge in [0.15, 0.2) is 0 Å². The molecule has 0 fully saturated rings. The van der Waals surface area contributed by atoms with Crippen molar-refractivity contribution in [2.45, 2.75) is 84.5 Å². The Morgan fingerprint density at radius 1 is 0.629 bits per heavy atom. The summed E-state index contributed by atoms with van der Waals surface area (Å²) in [5.74, 6) is -1.32. The molecule has 0 bridgehead atoms. The van der Waals surface area contributed by atoms with Gasteiger partial charge in [0.2, 0.25) is 0 Å². The van der Waals surface area contributed by atoms with E-state index in [4.69, 9.17) is 19.6 Å². The van der Waals surface area contributed by atoms with Crippen molar-refractivity contribution in [3.63, 3.8) is 0 Å². The molecular formula is C29H38O6. The minimum atomic E-state index is -0.661. The van der Waals surface area contributed by atoms with Crippen LogP contribution in [0.2, 0.25) is 0 Å². The minimum Gasteiger partial charge on any atom is -0.289 e. The van der Waals surface area contributed by atoms with Gasteiger partial charge < -0.3 is 0 Å². The molecule has 2 aromatic carbocycles. The standard InChI is InChI=1S/C29H38O6/c1-4-7-10-12-23-15-19-25(20-16-23)28(30)34-32-27(14-9-6-3)33-35-29(31)26-21-17-24(18-22-26)13-11-8-5-2/h15-22H,3-14H2,1-2H3.